The van der Waals surface area contributed by atoms with E-state index in [0.29, 0.717) is 200 Å². The predicted octanol–water partition coefficient (Wildman–Crippen LogP) is 17.3. The number of fused-ring (bicyclic) bond motifs is 8. The molecule has 5 aromatic heterocycles. The number of likely N-dealkylation sites (N-methyl/N-ethyl adjacent to an activating group) is 4. The Morgan fingerprint density at radius 1 is 0.420 bits per heavy atom. The minimum Gasteiger partial charge on any atom is -0.491 e. The summed E-state index contributed by atoms with van der Waals surface area (Å²) < 4.78 is 198. The summed E-state index contributed by atoms with van der Waals surface area (Å²) in [5, 5.41) is 11.0. The van der Waals surface area contributed by atoms with Gasteiger partial charge in [0.1, 0.15) is 17.1 Å². The van der Waals surface area contributed by atoms with E-state index in [9.17, 15) is 95.0 Å². The maximum atomic E-state index is 13.5. The molecule has 138 heavy (non-hydrogen) atoms. The molecule has 4 spiro atoms. The number of rotatable bonds is 14. The van der Waals surface area contributed by atoms with Gasteiger partial charge in [-0.1, -0.05) is 38.8 Å². The number of Topliss-reactive ketones (excluding diaryl/α,β-unsaturated/α-hetero) is 2. The van der Waals surface area contributed by atoms with E-state index in [0.717, 1.165) is 66.2 Å². The standard InChI is InChI=1S/C27H30F3N5O2.C27H32F3N3O3.C24H30F3N3O3S.C23H28F3N3O2/c1-4-33-16-21(31-17-33)20-6-5-19(15-18(20)2)25(37)34-11-9-26(10-12-34)23-8-7-22(24(36)27(28,29)30)35(23)14-13-32(26)3;1-18-17-19(5-6-20(18)26(36)9-3-4-10-26)24(35)32-13-11-25(12-14-32)22-8-7-21(23(34)27(28,29)30)33(22)16-15-31(25)2;1-17(2)16-34(32,33)19-6-4-18(5-7-19)22(31)29-12-10-23(11-13-29)20-8-9-21(24(25,26)27)30(20)15-14-28(23)3;1-16(2)31-18-6-4-17(5-7-18)21(30)28-12-10-22(11-13-28)19-8-9-20(23(24,25)26)29(19)15-14-27(22)3/h5-8,15-17H,4,9-14H2,1-3H3;5-8,17,36H,3-4,9-16H2,1-2H3;4-9,17H,10-16H2,1-3H3;4-9,16H,10-15H2,1-3H3. The van der Waals surface area contributed by atoms with Crippen LogP contribution < -0.4 is 4.74 Å². The number of nitrogens with zero attached hydrogens (tertiary/aromatic N) is 14. The number of benzene rings is 4. The second kappa shape index (κ2) is 39.0. The van der Waals surface area contributed by atoms with E-state index >= 15 is 0 Å². The van der Waals surface area contributed by atoms with Crippen LogP contribution in [0.25, 0.3) is 11.3 Å². The lowest BCUT2D eigenvalue weighted by Crippen LogP contribution is -2.56. The maximum absolute atomic E-state index is 13.5. The number of likely N-dealkylation sites (tertiary alicyclic amines) is 4. The van der Waals surface area contributed by atoms with E-state index in [1.54, 1.807) is 75.6 Å². The van der Waals surface area contributed by atoms with Crippen LogP contribution in [0.5, 0.6) is 5.75 Å². The van der Waals surface area contributed by atoms with Crippen LogP contribution in [-0.4, -0.2) is 247 Å². The summed E-state index contributed by atoms with van der Waals surface area (Å²) in [7, 11) is 4.41. The number of imidazole rings is 1. The number of hydrogen-bond donors (Lipinski definition) is 1. The minimum absolute atomic E-state index is 0.00165. The first-order valence-electron chi connectivity index (χ1n) is 47.2. The number of ketones is 2. The first kappa shape index (κ1) is 102. The van der Waals surface area contributed by atoms with Crippen molar-refractivity contribution in [3.05, 3.63) is 230 Å². The Labute approximate surface area is 795 Å². The molecule has 13 heterocycles. The van der Waals surface area contributed by atoms with E-state index in [1.807, 2.05) is 123 Å². The van der Waals surface area contributed by atoms with Gasteiger partial charge in [0.25, 0.3) is 35.2 Å². The van der Waals surface area contributed by atoms with Crippen molar-refractivity contribution in [3.63, 3.8) is 0 Å². The number of carbonyl (C=O) groups excluding carboxylic acids is 6. The summed E-state index contributed by atoms with van der Waals surface area (Å²) in [6.07, 6.45) is -6.76. The molecule has 24 nitrogen and oxygen atoms in total. The van der Waals surface area contributed by atoms with Crippen molar-refractivity contribution in [2.75, 3.05) is 112 Å². The number of aromatic nitrogens is 6. The molecule has 1 aliphatic carbocycles. The van der Waals surface area contributed by atoms with Gasteiger partial charge in [-0.15, -0.1) is 0 Å². The highest BCUT2D eigenvalue weighted by Gasteiger charge is 2.54. The molecule has 4 aromatic carbocycles. The molecule has 8 aliphatic heterocycles. The molecule has 744 valence electrons. The molecule has 4 saturated heterocycles. The highest BCUT2D eigenvalue weighted by molar-refractivity contribution is 7.91. The molecule has 0 radical (unpaired) electrons. The van der Waals surface area contributed by atoms with E-state index in [-0.39, 0.29) is 64.2 Å². The number of alkyl halides is 12. The van der Waals surface area contributed by atoms with E-state index < -0.39 is 85.3 Å². The Hall–Kier alpha value is -10.9. The monoisotopic (exact) mass is 1950 g/mol. The number of ether oxygens (including phenoxy) is 1. The van der Waals surface area contributed by atoms with Crippen LogP contribution in [0.2, 0.25) is 0 Å². The van der Waals surface area contributed by atoms with E-state index in [2.05, 4.69) is 24.6 Å². The van der Waals surface area contributed by atoms with Gasteiger partial charge in [-0.25, -0.2) is 13.4 Å². The van der Waals surface area contributed by atoms with Crippen molar-refractivity contribution in [2.24, 2.45) is 5.92 Å². The third-order valence-electron chi connectivity index (χ3n) is 30.1. The molecule has 9 aliphatic rings. The third kappa shape index (κ3) is 19.8. The number of aliphatic hydroxyl groups is 1. The molecule has 0 atom stereocenters. The molecule has 37 heteroatoms. The van der Waals surface area contributed by atoms with Gasteiger partial charge in [0.2, 0.25) is 0 Å². The van der Waals surface area contributed by atoms with Crippen molar-refractivity contribution in [1.82, 2.24) is 67.0 Å². The lowest BCUT2D eigenvalue weighted by Gasteiger charge is -2.50. The SMILES string of the molecule is CC(C)CS(=O)(=O)c1ccc(C(=O)N2CCC3(CC2)c2ccc(C(F)(F)F)n2CCN3C)cc1.CC(C)Oc1ccc(C(=O)N2CCC3(CC2)c2ccc(C(F)(F)F)n2CCN3C)cc1.CCn1cnc(-c2ccc(C(=O)N3CCC4(CC3)c3ccc(C(=O)C(F)(F)F)n3CCN4C)cc2C)c1.Cc1cc(C(=O)N2CCC3(CC2)c2ccc(C(=O)C(F)(F)F)n2CCN3C)ccc1C1(O)CCCC1. The lowest BCUT2D eigenvalue weighted by atomic mass is 9.81. The Morgan fingerprint density at radius 3 is 1.10 bits per heavy atom. The van der Waals surface area contributed by atoms with Gasteiger partial charge in [-0.3, -0.25) is 48.4 Å². The number of carbonyl (C=O) groups is 6. The summed E-state index contributed by atoms with van der Waals surface area (Å²) in [5.41, 5.74) is 4.85. The number of aryl methyl sites for hydroxylation is 3. The zero-order valence-corrected chi connectivity index (χ0v) is 80.4. The predicted molar refractivity (Wildman–Crippen MR) is 493 cm³/mol. The van der Waals surface area contributed by atoms with Crippen LogP contribution in [0.4, 0.5) is 52.7 Å². The fraction of sp³-hybridized carbons (Fsp3) is 0.515. The molecular formula is C101H120F12N14O10S. The zero-order valence-electron chi connectivity index (χ0n) is 79.6. The average molecular weight is 1950 g/mol. The number of hydrogen-bond acceptors (Lipinski definition) is 15. The smallest absolute Gasteiger partial charge is 0.456 e. The summed E-state index contributed by atoms with van der Waals surface area (Å²) >= 11 is 0. The van der Waals surface area contributed by atoms with Gasteiger partial charge in [-0.05, 0) is 271 Å². The van der Waals surface area contributed by atoms with Gasteiger partial charge in [-0.2, -0.15) is 52.7 Å². The number of sulfone groups is 1. The van der Waals surface area contributed by atoms with Gasteiger partial charge < -0.3 is 52.3 Å². The van der Waals surface area contributed by atoms with Gasteiger partial charge in [0, 0.05) is 168 Å². The van der Waals surface area contributed by atoms with Crippen molar-refractivity contribution in [3.8, 4) is 17.0 Å². The molecule has 0 bridgehead atoms. The molecule has 5 fully saturated rings. The van der Waals surface area contributed by atoms with Gasteiger partial charge in [0.05, 0.1) is 67.9 Å². The first-order valence-corrected chi connectivity index (χ1v) is 48.9. The number of piperidine rings is 4. The van der Waals surface area contributed by atoms with Crippen molar-refractivity contribution >= 4 is 45.0 Å². The summed E-state index contributed by atoms with van der Waals surface area (Å²) in [4.78, 5) is 97.1. The largest absolute Gasteiger partial charge is 0.491 e. The Balaban J connectivity index is 0.000000140. The third-order valence-corrected chi connectivity index (χ3v) is 32.2. The van der Waals surface area contributed by atoms with Crippen LogP contribution in [0.3, 0.4) is 0 Å². The lowest BCUT2D eigenvalue weighted by molar-refractivity contribution is -0.145. The normalized spacial score (nSPS) is 19.3. The Morgan fingerprint density at radius 2 is 0.761 bits per heavy atom. The molecule has 4 amide bonds. The molecular weight excluding hydrogens is 1830 g/mol. The van der Waals surface area contributed by atoms with Gasteiger partial charge in [0.15, 0.2) is 9.84 Å². The molecule has 0 unspecified atom stereocenters. The summed E-state index contributed by atoms with van der Waals surface area (Å²) in [5.74, 6) is -3.28. The minimum atomic E-state index is -4.91. The van der Waals surface area contributed by atoms with Crippen LogP contribution in [-0.2, 0) is 82.7 Å². The van der Waals surface area contributed by atoms with Crippen molar-refractivity contribution in [1.29, 1.82) is 0 Å². The second-order valence-corrected chi connectivity index (χ2v) is 41.0. The molecule has 9 aromatic rings. The van der Waals surface area contributed by atoms with Crippen LogP contribution in [0.15, 0.2) is 151 Å². The van der Waals surface area contributed by atoms with E-state index in [4.69, 9.17) is 4.74 Å². The summed E-state index contributed by atoms with van der Waals surface area (Å²) in [6, 6.07) is 35.7. The number of amides is 4. The average Bonchev–Trinajstić information content (AvgIpc) is 1.55. The Bertz CT molecular complexity index is 6110. The number of halogens is 12. The molecule has 18 rings (SSSR count). The van der Waals surface area contributed by atoms with Crippen molar-refractivity contribution in [2.45, 2.75) is 222 Å². The first-order chi connectivity index (χ1) is 65.0. The van der Waals surface area contributed by atoms with Crippen LogP contribution >= 0.6 is 0 Å². The van der Waals surface area contributed by atoms with Gasteiger partial charge >= 0.3 is 24.7 Å². The Kier molecular flexibility index (Phi) is 28.7. The van der Waals surface area contributed by atoms with Crippen LogP contribution in [0, 0.1) is 19.8 Å². The topological polar surface area (TPSA) is 229 Å². The molecule has 1 saturated carbocycles. The van der Waals surface area contributed by atoms with Crippen LogP contribution in [0.1, 0.15) is 225 Å². The highest BCUT2D eigenvalue weighted by Crippen LogP contribution is 2.50. The fourth-order valence-corrected chi connectivity index (χ4v) is 24.1. The quantitative estimate of drug-likeness (QED) is 0.0788. The molecule has 1 N–H and O–H groups in total. The summed E-state index contributed by atoms with van der Waals surface area (Å²) in [6.45, 7) is 21.4. The zero-order chi connectivity index (χ0) is 99.7. The van der Waals surface area contributed by atoms with E-state index in [1.165, 1.54) is 60.7 Å². The maximum Gasteiger partial charge on any atom is 0.456 e. The second-order valence-electron chi connectivity index (χ2n) is 38.9. The fourth-order valence-electron chi connectivity index (χ4n) is 22.5. The highest BCUT2D eigenvalue weighted by atomic mass is 32.2. The van der Waals surface area contributed by atoms with Crippen molar-refractivity contribution < 1.29 is 99.7 Å².